The minimum atomic E-state index is -0.437. The third-order valence-corrected chi connectivity index (χ3v) is 4.35. The summed E-state index contributed by atoms with van der Waals surface area (Å²) in [5.41, 5.74) is 4.39. The Morgan fingerprint density at radius 3 is 2.31 bits per heavy atom. The van der Waals surface area contributed by atoms with Gasteiger partial charge in [0.1, 0.15) is 0 Å². The minimum Gasteiger partial charge on any atom is -0.392 e. The van der Waals surface area contributed by atoms with Gasteiger partial charge in [0.15, 0.2) is 0 Å². The number of benzene rings is 2. The number of hydrogen-bond donors (Lipinski definition) is 2. The Morgan fingerprint density at radius 2 is 1.62 bits per heavy atom. The first-order valence-electron chi connectivity index (χ1n) is 8.92. The maximum absolute atomic E-state index is 10.2. The zero-order chi connectivity index (χ0) is 18.2. The lowest BCUT2D eigenvalue weighted by Gasteiger charge is -2.20. The van der Waals surface area contributed by atoms with Crippen LogP contribution in [-0.2, 0) is 13.0 Å². The predicted octanol–water partition coefficient (Wildman–Crippen LogP) is 3.42. The molecule has 3 rings (SSSR count). The van der Waals surface area contributed by atoms with Crippen LogP contribution < -0.4 is 5.84 Å². The maximum atomic E-state index is 10.2. The van der Waals surface area contributed by atoms with Gasteiger partial charge >= 0.3 is 0 Å². The Labute approximate surface area is 154 Å². The summed E-state index contributed by atoms with van der Waals surface area (Å²) in [4.78, 5) is 4.36. The second kappa shape index (κ2) is 9.25. The Morgan fingerprint density at radius 1 is 0.885 bits per heavy atom. The number of nitrogens with zero attached hydrogens (tertiary/aromatic N) is 2. The third kappa shape index (κ3) is 5.49. The number of aliphatic hydroxyl groups is 1. The minimum absolute atomic E-state index is 0.437. The average Bonchev–Trinajstić information content (AvgIpc) is 2.68. The molecule has 0 amide bonds. The highest BCUT2D eigenvalue weighted by molar-refractivity contribution is 5.58. The molecule has 4 nitrogen and oxygen atoms in total. The molecule has 0 aliphatic carbocycles. The first kappa shape index (κ1) is 18.3. The summed E-state index contributed by atoms with van der Waals surface area (Å²) in [6.07, 6.45) is 2.92. The van der Waals surface area contributed by atoms with Crippen LogP contribution in [0.4, 0.5) is 0 Å². The van der Waals surface area contributed by atoms with Crippen LogP contribution >= 0.6 is 0 Å². The molecule has 26 heavy (non-hydrogen) atoms. The van der Waals surface area contributed by atoms with Crippen molar-refractivity contribution in [3.63, 3.8) is 0 Å². The molecular formula is C22H25N3O. The highest BCUT2D eigenvalue weighted by atomic mass is 16.3. The second-order valence-corrected chi connectivity index (χ2v) is 6.52. The van der Waals surface area contributed by atoms with Crippen molar-refractivity contribution in [2.75, 3.05) is 6.54 Å². The Bertz CT molecular complexity index is 776. The third-order valence-electron chi connectivity index (χ3n) is 4.35. The van der Waals surface area contributed by atoms with Crippen molar-refractivity contribution in [2.24, 2.45) is 5.84 Å². The zero-order valence-corrected chi connectivity index (χ0v) is 14.8. The van der Waals surface area contributed by atoms with Crippen LogP contribution in [0.15, 0.2) is 79.0 Å². The van der Waals surface area contributed by atoms with E-state index in [0.717, 1.165) is 23.2 Å². The van der Waals surface area contributed by atoms with E-state index in [-0.39, 0.29) is 0 Å². The number of hydrazine groups is 1. The lowest BCUT2D eigenvalue weighted by atomic mass is 10.1. The van der Waals surface area contributed by atoms with Gasteiger partial charge < -0.3 is 5.11 Å². The van der Waals surface area contributed by atoms with Gasteiger partial charge in [0.05, 0.1) is 11.8 Å². The SMILES string of the molecule is NN(Cc1ccc(-c2ccccn2)cc1)C[C@H](O)CCc1ccccc1. The van der Waals surface area contributed by atoms with Gasteiger partial charge in [0.25, 0.3) is 0 Å². The average molecular weight is 347 g/mol. The number of aliphatic hydroxyl groups excluding tert-OH is 1. The molecule has 0 saturated carbocycles. The molecule has 0 aliphatic heterocycles. The lowest BCUT2D eigenvalue weighted by molar-refractivity contribution is 0.102. The molecule has 0 aliphatic rings. The number of rotatable bonds is 8. The van der Waals surface area contributed by atoms with Crippen molar-refractivity contribution in [2.45, 2.75) is 25.5 Å². The molecule has 1 atom stereocenters. The van der Waals surface area contributed by atoms with Crippen LogP contribution in [0.2, 0.25) is 0 Å². The van der Waals surface area contributed by atoms with Crippen molar-refractivity contribution in [3.8, 4) is 11.3 Å². The van der Waals surface area contributed by atoms with Crippen LogP contribution in [0.25, 0.3) is 11.3 Å². The normalized spacial score (nSPS) is 12.3. The van der Waals surface area contributed by atoms with E-state index in [1.807, 2.05) is 36.4 Å². The molecule has 3 N–H and O–H groups in total. The summed E-state index contributed by atoms with van der Waals surface area (Å²) >= 11 is 0. The van der Waals surface area contributed by atoms with Gasteiger partial charge in [-0.1, -0.05) is 60.7 Å². The van der Waals surface area contributed by atoms with Gasteiger partial charge in [-0.05, 0) is 36.1 Å². The van der Waals surface area contributed by atoms with Crippen LogP contribution in [0, 0.1) is 0 Å². The zero-order valence-electron chi connectivity index (χ0n) is 14.8. The van der Waals surface area contributed by atoms with Crippen LogP contribution in [0.5, 0.6) is 0 Å². The molecule has 0 saturated heterocycles. The summed E-state index contributed by atoms with van der Waals surface area (Å²) < 4.78 is 0. The Hall–Kier alpha value is -2.53. The molecule has 0 unspecified atom stereocenters. The van der Waals surface area contributed by atoms with Crippen molar-refractivity contribution < 1.29 is 5.11 Å². The van der Waals surface area contributed by atoms with Crippen molar-refractivity contribution >= 4 is 0 Å². The molecule has 1 aromatic heterocycles. The van der Waals surface area contributed by atoms with Crippen molar-refractivity contribution in [1.82, 2.24) is 9.99 Å². The van der Waals surface area contributed by atoms with E-state index in [1.54, 1.807) is 11.2 Å². The highest BCUT2D eigenvalue weighted by Gasteiger charge is 2.10. The van der Waals surface area contributed by atoms with E-state index in [4.69, 9.17) is 5.84 Å². The monoisotopic (exact) mass is 347 g/mol. The van der Waals surface area contributed by atoms with Gasteiger partial charge in [-0.3, -0.25) is 10.8 Å². The van der Waals surface area contributed by atoms with E-state index in [0.29, 0.717) is 19.5 Å². The number of nitrogens with two attached hydrogens (primary N) is 1. The fourth-order valence-electron chi connectivity index (χ4n) is 2.95. The second-order valence-electron chi connectivity index (χ2n) is 6.52. The topological polar surface area (TPSA) is 62.4 Å². The van der Waals surface area contributed by atoms with E-state index in [1.165, 1.54) is 5.56 Å². The van der Waals surface area contributed by atoms with Gasteiger partial charge in [-0.2, -0.15) is 0 Å². The molecule has 0 fully saturated rings. The van der Waals surface area contributed by atoms with E-state index >= 15 is 0 Å². The summed E-state index contributed by atoms with van der Waals surface area (Å²) in [6, 6.07) is 24.3. The Kier molecular flexibility index (Phi) is 6.50. The van der Waals surface area contributed by atoms with Gasteiger partial charge in [-0.25, -0.2) is 5.01 Å². The molecular weight excluding hydrogens is 322 g/mol. The lowest BCUT2D eigenvalue weighted by Crippen LogP contribution is -2.37. The molecule has 0 spiro atoms. The largest absolute Gasteiger partial charge is 0.392 e. The van der Waals surface area contributed by atoms with Crippen LogP contribution in [0.3, 0.4) is 0 Å². The first-order chi connectivity index (χ1) is 12.7. The molecule has 4 heteroatoms. The van der Waals surface area contributed by atoms with E-state index < -0.39 is 6.10 Å². The fraction of sp³-hybridized carbons (Fsp3) is 0.227. The standard InChI is InChI=1S/C22H25N3O/c23-25(17-21(26)14-11-18-6-2-1-3-7-18)16-19-9-12-20(13-10-19)22-8-4-5-15-24-22/h1-10,12-13,15,21,26H,11,14,16-17,23H2/t21-/m1/s1. The summed E-state index contributed by atoms with van der Waals surface area (Å²) in [5.74, 6) is 6.09. The number of pyridine rings is 1. The molecule has 134 valence electrons. The predicted molar refractivity (Wildman–Crippen MR) is 105 cm³/mol. The first-order valence-corrected chi connectivity index (χ1v) is 8.92. The summed E-state index contributed by atoms with van der Waals surface area (Å²) in [5, 5.41) is 11.9. The van der Waals surface area contributed by atoms with Crippen LogP contribution in [0.1, 0.15) is 17.5 Å². The van der Waals surface area contributed by atoms with Gasteiger partial charge in [-0.15, -0.1) is 0 Å². The quantitative estimate of drug-likeness (QED) is 0.484. The van der Waals surface area contributed by atoms with E-state index in [2.05, 4.69) is 41.4 Å². The molecule has 0 bridgehead atoms. The summed E-state index contributed by atoms with van der Waals surface area (Å²) in [7, 11) is 0. The molecule has 3 aromatic rings. The van der Waals surface area contributed by atoms with Crippen LogP contribution in [-0.4, -0.2) is 27.7 Å². The number of aromatic nitrogens is 1. The molecule has 1 heterocycles. The number of hydrogen-bond acceptors (Lipinski definition) is 4. The number of aryl methyl sites for hydroxylation is 1. The van der Waals surface area contributed by atoms with Gasteiger partial charge in [0.2, 0.25) is 0 Å². The van der Waals surface area contributed by atoms with Crippen molar-refractivity contribution in [1.29, 1.82) is 0 Å². The summed E-state index contributed by atoms with van der Waals surface area (Å²) in [6.45, 7) is 1.06. The fourth-order valence-corrected chi connectivity index (χ4v) is 2.95. The smallest absolute Gasteiger partial charge is 0.0701 e. The van der Waals surface area contributed by atoms with Gasteiger partial charge in [0, 0.05) is 24.8 Å². The van der Waals surface area contributed by atoms with E-state index in [9.17, 15) is 5.11 Å². The maximum Gasteiger partial charge on any atom is 0.0701 e. The Balaban J connectivity index is 1.47. The molecule has 2 aromatic carbocycles. The highest BCUT2D eigenvalue weighted by Crippen LogP contribution is 2.17. The molecule has 0 radical (unpaired) electrons. The van der Waals surface area contributed by atoms with Crippen molar-refractivity contribution in [3.05, 3.63) is 90.1 Å².